The maximum absolute atomic E-state index is 7.08. The molecule has 0 radical (unpaired) electrons. The number of rotatable bonds is 6. The summed E-state index contributed by atoms with van der Waals surface area (Å²) < 4.78 is 0. The molecule has 0 heterocycles. The van der Waals surface area contributed by atoms with E-state index >= 15 is 0 Å². The van der Waals surface area contributed by atoms with Gasteiger partial charge in [0.05, 0.1) is 0 Å². The van der Waals surface area contributed by atoms with Crippen LogP contribution >= 0.6 is 0 Å². The molecule has 7 rings (SSSR count). The highest BCUT2D eigenvalue weighted by molar-refractivity contribution is 6.05. The van der Waals surface area contributed by atoms with Crippen molar-refractivity contribution in [3.05, 3.63) is 170 Å². The summed E-state index contributed by atoms with van der Waals surface area (Å²) in [7, 11) is 0. The molecule has 44 heavy (non-hydrogen) atoms. The lowest BCUT2D eigenvalue weighted by molar-refractivity contribution is 1.53. The minimum absolute atomic E-state index is 0.761. The Hall–Kier alpha value is -5.86. The second-order valence-corrected chi connectivity index (χ2v) is 10.9. The summed E-state index contributed by atoms with van der Waals surface area (Å²) in [5.41, 5.74) is 28.5. The number of nitrogens with two attached hydrogens (primary N) is 2. The second-order valence-electron chi connectivity index (χ2n) is 10.9. The minimum Gasteiger partial charge on any atom is -0.398 e. The molecule has 210 valence electrons. The number of hydrogen-bond acceptors (Lipinski definition) is 2. The van der Waals surface area contributed by atoms with Crippen molar-refractivity contribution in [1.82, 2.24) is 0 Å². The van der Waals surface area contributed by atoms with Gasteiger partial charge in [0.15, 0.2) is 0 Å². The third-order valence-electron chi connectivity index (χ3n) is 8.29. The lowest BCUT2D eigenvalue weighted by atomic mass is 9.83. The minimum atomic E-state index is 0.761. The van der Waals surface area contributed by atoms with E-state index in [-0.39, 0.29) is 0 Å². The van der Waals surface area contributed by atoms with Crippen molar-refractivity contribution in [3.63, 3.8) is 0 Å². The van der Waals surface area contributed by atoms with Gasteiger partial charge in [-0.25, -0.2) is 0 Å². The summed E-state index contributed by atoms with van der Waals surface area (Å²) >= 11 is 0. The predicted octanol–water partition coefficient (Wildman–Crippen LogP) is 10.9. The van der Waals surface area contributed by atoms with Gasteiger partial charge in [-0.3, -0.25) is 0 Å². The molecule has 4 N–H and O–H groups in total. The van der Waals surface area contributed by atoms with Crippen molar-refractivity contribution in [2.45, 2.75) is 0 Å². The molecule has 0 aliphatic carbocycles. The molecule has 0 aliphatic heterocycles. The van der Waals surface area contributed by atoms with Crippen LogP contribution in [-0.2, 0) is 0 Å². The molecule has 2 nitrogen and oxygen atoms in total. The van der Waals surface area contributed by atoms with Gasteiger partial charge in [-0.15, -0.1) is 0 Å². The van der Waals surface area contributed by atoms with Crippen molar-refractivity contribution in [2.75, 3.05) is 11.5 Å². The van der Waals surface area contributed by atoms with E-state index < -0.39 is 0 Å². The molecule has 2 heteroatoms. The molecule has 0 aromatic heterocycles. The zero-order chi connectivity index (χ0) is 29.9. The Morgan fingerprint density at radius 3 is 0.841 bits per heavy atom. The molecule has 0 spiro atoms. The van der Waals surface area contributed by atoms with Gasteiger partial charge in [-0.1, -0.05) is 170 Å². The van der Waals surface area contributed by atoms with Gasteiger partial charge in [0.2, 0.25) is 0 Å². The molecule has 0 saturated heterocycles. The van der Waals surface area contributed by atoms with E-state index in [1.165, 1.54) is 0 Å². The van der Waals surface area contributed by atoms with Gasteiger partial charge in [-0.2, -0.15) is 0 Å². The fourth-order valence-electron chi connectivity index (χ4n) is 6.21. The van der Waals surface area contributed by atoms with E-state index in [0.29, 0.717) is 0 Å². The third-order valence-corrected chi connectivity index (χ3v) is 8.29. The van der Waals surface area contributed by atoms with Gasteiger partial charge < -0.3 is 11.5 Å². The van der Waals surface area contributed by atoms with E-state index in [4.69, 9.17) is 11.5 Å². The van der Waals surface area contributed by atoms with E-state index in [9.17, 15) is 0 Å². The van der Waals surface area contributed by atoms with Crippen LogP contribution in [0.4, 0.5) is 11.4 Å². The van der Waals surface area contributed by atoms with E-state index in [0.717, 1.165) is 78.1 Å². The summed E-state index contributed by atoms with van der Waals surface area (Å²) in [6, 6.07) is 58.9. The quantitative estimate of drug-likeness (QED) is 0.197. The van der Waals surface area contributed by atoms with Gasteiger partial charge in [0, 0.05) is 33.6 Å². The van der Waals surface area contributed by atoms with Crippen LogP contribution < -0.4 is 11.5 Å². The molecular weight excluding hydrogens is 532 g/mol. The lowest BCUT2D eigenvalue weighted by Gasteiger charge is -2.22. The monoisotopic (exact) mass is 564 g/mol. The molecule has 7 aromatic carbocycles. The van der Waals surface area contributed by atoms with E-state index in [1.54, 1.807) is 0 Å². The maximum atomic E-state index is 7.08. The molecule has 0 bridgehead atoms. The molecule has 0 fully saturated rings. The first-order valence-corrected chi connectivity index (χ1v) is 14.9. The average molecular weight is 565 g/mol. The highest BCUT2D eigenvalue weighted by atomic mass is 14.6. The fraction of sp³-hybridized carbons (Fsp3) is 0. The van der Waals surface area contributed by atoms with Gasteiger partial charge >= 0.3 is 0 Å². The first-order valence-electron chi connectivity index (χ1n) is 14.9. The van der Waals surface area contributed by atoms with Crippen molar-refractivity contribution in [3.8, 4) is 66.8 Å². The first kappa shape index (κ1) is 27.0. The molecule has 0 saturated carbocycles. The van der Waals surface area contributed by atoms with E-state index in [2.05, 4.69) is 146 Å². The standard InChI is InChI=1S/C42H32N2/c43-41-33(29-15-5-1-6-16-29)25-27-37(39(41)31-19-9-3-10-20-31)35-23-13-14-24-36(35)38-28-26-34(30-17-7-2-8-18-30)42(44)40(38)32-21-11-4-12-22-32/h1-28H,43-44H2. The zero-order valence-electron chi connectivity index (χ0n) is 24.3. The SMILES string of the molecule is Nc1c(-c2ccccc2)ccc(-c2ccccc2-c2ccc(-c3ccccc3)c(N)c2-c2ccccc2)c1-c1ccccc1. The van der Waals surface area contributed by atoms with Crippen LogP contribution in [0, 0.1) is 0 Å². The Kier molecular flexibility index (Phi) is 7.24. The molecule has 0 aliphatic rings. The first-order chi connectivity index (χ1) is 21.7. The van der Waals surface area contributed by atoms with Crippen LogP contribution in [0.5, 0.6) is 0 Å². The predicted molar refractivity (Wildman–Crippen MR) is 188 cm³/mol. The third kappa shape index (κ3) is 4.93. The normalized spacial score (nSPS) is 10.9. The molecule has 0 atom stereocenters. The number of anilines is 2. The molecule has 0 unspecified atom stereocenters. The van der Waals surface area contributed by atoms with Crippen LogP contribution in [0.15, 0.2) is 170 Å². The zero-order valence-corrected chi connectivity index (χ0v) is 24.3. The molecule has 0 amide bonds. The van der Waals surface area contributed by atoms with Gasteiger partial charge in [0.1, 0.15) is 0 Å². The Morgan fingerprint density at radius 2 is 0.500 bits per heavy atom. The van der Waals surface area contributed by atoms with Gasteiger partial charge in [0.25, 0.3) is 0 Å². The fourth-order valence-corrected chi connectivity index (χ4v) is 6.21. The van der Waals surface area contributed by atoms with Crippen LogP contribution in [0.3, 0.4) is 0 Å². The smallest absolute Gasteiger partial charge is 0.0479 e. The Morgan fingerprint density at radius 1 is 0.227 bits per heavy atom. The van der Waals surface area contributed by atoms with Crippen LogP contribution in [0.25, 0.3) is 66.8 Å². The Balaban J connectivity index is 1.50. The highest BCUT2D eigenvalue weighted by Gasteiger charge is 2.21. The Labute approximate surface area is 258 Å². The largest absolute Gasteiger partial charge is 0.398 e. The highest BCUT2D eigenvalue weighted by Crippen LogP contribution is 2.48. The Bertz CT molecular complexity index is 1900. The van der Waals surface area contributed by atoms with Crippen molar-refractivity contribution in [2.24, 2.45) is 0 Å². The average Bonchev–Trinajstić information content (AvgIpc) is 3.09. The lowest BCUT2D eigenvalue weighted by Crippen LogP contribution is -2.00. The summed E-state index contributed by atoms with van der Waals surface area (Å²) in [5.74, 6) is 0. The summed E-state index contributed by atoms with van der Waals surface area (Å²) in [6.07, 6.45) is 0. The summed E-state index contributed by atoms with van der Waals surface area (Å²) in [6.45, 7) is 0. The number of hydrogen-bond donors (Lipinski definition) is 2. The van der Waals surface area contributed by atoms with E-state index in [1.807, 2.05) is 24.3 Å². The van der Waals surface area contributed by atoms with Crippen molar-refractivity contribution < 1.29 is 0 Å². The van der Waals surface area contributed by atoms with Crippen LogP contribution in [0.2, 0.25) is 0 Å². The summed E-state index contributed by atoms with van der Waals surface area (Å²) in [4.78, 5) is 0. The second kappa shape index (κ2) is 11.8. The van der Waals surface area contributed by atoms with Crippen LogP contribution in [-0.4, -0.2) is 0 Å². The molecular formula is C42H32N2. The van der Waals surface area contributed by atoms with Crippen molar-refractivity contribution in [1.29, 1.82) is 0 Å². The molecule has 7 aromatic rings. The number of benzene rings is 7. The maximum Gasteiger partial charge on any atom is 0.0479 e. The van der Waals surface area contributed by atoms with Crippen molar-refractivity contribution >= 4 is 11.4 Å². The topological polar surface area (TPSA) is 52.0 Å². The van der Waals surface area contributed by atoms with Crippen LogP contribution in [0.1, 0.15) is 0 Å². The summed E-state index contributed by atoms with van der Waals surface area (Å²) in [5, 5.41) is 0. The number of nitrogen functional groups attached to an aromatic ring is 2. The van der Waals surface area contributed by atoms with Gasteiger partial charge in [-0.05, 0) is 44.5 Å².